The molecule has 30 heavy (non-hydrogen) atoms. The van der Waals surface area contributed by atoms with E-state index >= 15 is 0 Å². The van der Waals surface area contributed by atoms with Crippen LogP contribution in [0, 0.1) is 0 Å². The van der Waals surface area contributed by atoms with Gasteiger partial charge in [-0.05, 0) is 57.1 Å². The third-order valence-corrected chi connectivity index (χ3v) is 5.89. The summed E-state index contributed by atoms with van der Waals surface area (Å²) in [5, 5.41) is 6.86. The van der Waals surface area contributed by atoms with Gasteiger partial charge in [0.2, 0.25) is 0 Å². The van der Waals surface area contributed by atoms with Crippen LogP contribution in [0.5, 0.6) is 0 Å². The van der Waals surface area contributed by atoms with Crippen LogP contribution in [-0.4, -0.2) is 86.2 Å². The maximum atomic E-state index is 4.80. The molecule has 0 bridgehead atoms. The molecule has 0 atom stereocenters. The SMILES string of the molecule is CCNC(=NCc1ccnc(N2CCN(CC)CC2)c1)NCCN1CCCCC1.I. The molecule has 0 saturated carbocycles. The molecule has 2 aliphatic rings. The van der Waals surface area contributed by atoms with Crippen molar-refractivity contribution < 1.29 is 0 Å². The van der Waals surface area contributed by atoms with E-state index < -0.39 is 0 Å². The van der Waals surface area contributed by atoms with E-state index in [-0.39, 0.29) is 24.0 Å². The molecular weight excluding hydrogens is 489 g/mol. The van der Waals surface area contributed by atoms with E-state index in [1.807, 2.05) is 6.20 Å². The van der Waals surface area contributed by atoms with Crippen LogP contribution in [0.1, 0.15) is 38.7 Å². The third-order valence-electron chi connectivity index (χ3n) is 5.89. The number of hydrogen-bond donors (Lipinski definition) is 2. The predicted molar refractivity (Wildman–Crippen MR) is 137 cm³/mol. The Bertz CT molecular complexity index is 626. The monoisotopic (exact) mass is 529 g/mol. The van der Waals surface area contributed by atoms with Gasteiger partial charge in [0.1, 0.15) is 5.82 Å². The fourth-order valence-corrected chi connectivity index (χ4v) is 4.05. The van der Waals surface area contributed by atoms with Crippen LogP contribution in [0.15, 0.2) is 23.3 Å². The van der Waals surface area contributed by atoms with Gasteiger partial charge in [0.15, 0.2) is 5.96 Å². The normalized spacial score (nSPS) is 18.7. The van der Waals surface area contributed by atoms with Crippen molar-refractivity contribution in [3.05, 3.63) is 23.9 Å². The van der Waals surface area contributed by atoms with Crippen LogP contribution in [0.4, 0.5) is 5.82 Å². The molecule has 0 unspecified atom stereocenters. The second-order valence-electron chi connectivity index (χ2n) is 7.97. The van der Waals surface area contributed by atoms with E-state index in [0.717, 1.165) is 64.1 Å². The molecule has 3 rings (SSSR count). The first-order valence-corrected chi connectivity index (χ1v) is 11.4. The van der Waals surface area contributed by atoms with Gasteiger partial charge in [-0.3, -0.25) is 0 Å². The van der Waals surface area contributed by atoms with Gasteiger partial charge >= 0.3 is 0 Å². The van der Waals surface area contributed by atoms with Crippen LogP contribution in [0.25, 0.3) is 0 Å². The maximum Gasteiger partial charge on any atom is 0.191 e. The molecule has 0 spiro atoms. The standard InChI is InChI=1S/C22H39N7.HI/c1-3-23-22(25-10-13-28-11-6-5-7-12-28)26-19-20-8-9-24-21(18-20)29-16-14-27(4-2)15-17-29;/h8-9,18H,3-7,10-17,19H2,1-2H3,(H2,23,25,26);1H. The molecule has 2 fully saturated rings. The summed E-state index contributed by atoms with van der Waals surface area (Å²) in [4.78, 5) is 16.8. The van der Waals surface area contributed by atoms with E-state index in [2.05, 4.69) is 56.3 Å². The molecule has 0 amide bonds. The highest BCUT2D eigenvalue weighted by Gasteiger charge is 2.16. The molecule has 2 N–H and O–H groups in total. The minimum absolute atomic E-state index is 0. The Labute approximate surface area is 199 Å². The fraction of sp³-hybridized carbons (Fsp3) is 0.727. The minimum Gasteiger partial charge on any atom is -0.357 e. The van der Waals surface area contributed by atoms with Gasteiger partial charge in [0.05, 0.1) is 6.54 Å². The zero-order valence-corrected chi connectivity index (χ0v) is 21.1. The first-order valence-electron chi connectivity index (χ1n) is 11.4. The Morgan fingerprint density at radius 3 is 2.47 bits per heavy atom. The molecule has 0 aromatic carbocycles. The summed E-state index contributed by atoms with van der Waals surface area (Å²) in [6, 6.07) is 4.27. The Morgan fingerprint density at radius 2 is 1.77 bits per heavy atom. The lowest BCUT2D eigenvalue weighted by molar-refractivity contribution is 0.232. The number of likely N-dealkylation sites (N-methyl/N-ethyl adjacent to an activating group) is 1. The summed E-state index contributed by atoms with van der Waals surface area (Å²) < 4.78 is 0. The van der Waals surface area contributed by atoms with Crippen molar-refractivity contribution >= 4 is 35.8 Å². The molecule has 2 saturated heterocycles. The number of piperazine rings is 1. The number of guanidine groups is 1. The quantitative estimate of drug-likeness (QED) is 0.307. The Kier molecular flexibility index (Phi) is 11.8. The topological polar surface area (TPSA) is 59.0 Å². The van der Waals surface area contributed by atoms with E-state index in [1.54, 1.807) is 0 Å². The molecule has 7 nitrogen and oxygen atoms in total. The number of aromatic nitrogens is 1. The second kappa shape index (κ2) is 14.0. The highest BCUT2D eigenvalue weighted by atomic mass is 127. The van der Waals surface area contributed by atoms with E-state index in [1.165, 1.54) is 37.9 Å². The Hall–Kier alpha value is -1.13. The summed E-state index contributed by atoms with van der Waals surface area (Å²) in [5.41, 5.74) is 1.21. The van der Waals surface area contributed by atoms with E-state index in [0.29, 0.717) is 6.54 Å². The van der Waals surface area contributed by atoms with Crippen LogP contribution in [0.3, 0.4) is 0 Å². The summed E-state index contributed by atoms with van der Waals surface area (Å²) in [7, 11) is 0. The lowest BCUT2D eigenvalue weighted by Gasteiger charge is -2.34. The summed E-state index contributed by atoms with van der Waals surface area (Å²) in [6.45, 7) is 15.9. The van der Waals surface area contributed by atoms with E-state index in [4.69, 9.17) is 4.99 Å². The molecular formula is C22H40IN7. The smallest absolute Gasteiger partial charge is 0.191 e. The number of halogens is 1. The second-order valence-corrected chi connectivity index (χ2v) is 7.97. The first kappa shape index (κ1) is 25.1. The number of aliphatic imine (C=N–C) groups is 1. The number of hydrogen-bond acceptors (Lipinski definition) is 5. The molecule has 1 aromatic rings. The van der Waals surface area contributed by atoms with E-state index in [9.17, 15) is 0 Å². The summed E-state index contributed by atoms with van der Waals surface area (Å²) >= 11 is 0. The Balaban J connectivity index is 0.00000320. The zero-order chi connectivity index (χ0) is 20.3. The number of pyridine rings is 1. The lowest BCUT2D eigenvalue weighted by atomic mass is 10.1. The third kappa shape index (κ3) is 8.19. The number of piperidine rings is 1. The molecule has 1 aromatic heterocycles. The van der Waals surface area contributed by atoms with Crippen LogP contribution < -0.4 is 15.5 Å². The molecule has 3 heterocycles. The van der Waals surface area contributed by atoms with Gasteiger partial charge in [-0.25, -0.2) is 9.98 Å². The van der Waals surface area contributed by atoms with Crippen molar-refractivity contribution in [1.82, 2.24) is 25.4 Å². The maximum absolute atomic E-state index is 4.80. The van der Waals surface area contributed by atoms with Gasteiger partial charge in [0.25, 0.3) is 0 Å². The number of nitrogens with zero attached hydrogens (tertiary/aromatic N) is 5. The van der Waals surface area contributed by atoms with Gasteiger partial charge < -0.3 is 25.3 Å². The van der Waals surface area contributed by atoms with Crippen LogP contribution >= 0.6 is 24.0 Å². The lowest BCUT2D eigenvalue weighted by Crippen LogP contribution is -2.46. The summed E-state index contributed by atoms with van der Waals surface area (Å²) in [6.07, 6.45) is 5.98. The average Bonchev–Trinajstić information content (AvgIpc) is 2.78. The van der Waals surface area contributed by atoms with Crippen molar-refractivity contribution in [1.29, 1.82) is 0 Å². The number of anilines is 1. The molecule has 0 aliphatic carbocycles. The molecule has 2 aliphatic heterocycles. The van der Waals surface area contributed by atoms with Gasteiger partial charge in [-0.2, -0.15) is 0 Å². The number of likely N-dealkylation sites (tertiary alicyclic amines) is 1. The van der Waals surface area contributed by atoms with Crippen molar-refractivity contribution in [2.24, 2.45) is 4.99 Å². The van der Waals surface area contributed by atoms with Crippen molar-refractivity contribution in [3.8, 4) is 0 Å². The molecule has 8 heteroatoms. The predicted octanol–water partition coefficient (Wildman–Crippen LogP) is 2.38. The zero-order valence-electron chi connectivity index (χ0n) is 18.8. The van der Waals surface area contributed by atoms with Crippen LogP contribution in [0.2, 0.25) is 0 Å². The highest BCUT2D eigenvalue weighted by molar-refractivity contribution is 14.0. The molecule has 0 radical (unpaired) electrons. The minimum atomic E-state index is 0. The summed E-state index contributed by atoms with van der Waals surface area (Å²) in [5.74, 6) is 1.98. The Morgan fingerprint density at radius 1 is 1.00 bits per heavy atom. The fourth-order valence-electron chi connectivity index (χ4n) is 4.05. The number of nitrogens with one attached hydrogen (secondary N) is 2. The van der Waals surface area contributed by atoms with Gasteiger partial charge in [-0.15, -0.1) is 24.0 Å². The largest absolute Gasteiger partial charge is 0.357 e. The average molecular weight is 530 g/mol. The first-order chi connectivity index (χ1) is 14.3. The van der Waals surface area contributed by atoms with Crippen molar-refractivity contribution in [2.75, 3.05) is 70.3 Å². The van der Waals surface area contributed by atoms with Gasteiger partial charge in [0, 0.05) is 52.0 Å². The highest BCUT2D eigenvalue weighted by Crippen LogP contribution is 2.15. The number of rotatable bonds is 8. The van der Waals surface area contributed by atoms with Crippen LogP contribution in [-0.2, 0) is 6.54 Å². The molecule has 170 valence electrons. The van der Waals surface area contributed by atoms with Crippen molar-refractivity contribution in [3.63, 3.8) is 0 Å². The van der Waals surface area contributed by atoms with Gasteiger partial charge in [-0.1, -0.05) is 13.3 Å². The van der Waals surface area contributed by atoms with Crippen molar-refractivity contribution in [2.45, 2.75) is 39.7 Å².